The number of rotatable bonds is 5. The van der Waals surface area contributed by atoms with Crippen molar-refractivity contribution in [3.05, 3.63) is 0 Å². The van der Waals surface area contributed by atoms with Gasteiger partial charge < -0.3 is 9.47 Å². The highest BCUT2D eigenvalue weighted by Gasteiger charge is 2.32. The third-order valence-electron chi connectivity index (χ3n) is 5.30. The van der Waals surface area contributed by atoms with Gasteiger partial charge in [-0.3, -0.25) is 0 Å². The lowest BCUT2D eigenvalue weighted by atomic mass is 9.69. The van der Waals surface area contributed by atoms with E-state index in [0.717, 1.165) is 38.1 Å². The van der Waals surface area contributed by atoms with Gasteiger partial charge in [0.1, 0.15) is 0 Å². The summed E-state index contributed by atoms with van der Waals surface area (Å²) in [7, 11) is 0. The zero-order valence-electron chi connectivity index (χ0n) is 15.6. The molecule has 0 bridgehead atoms. The maximum absolute atomic E-state index is 5.86. The molecule has 0 spiro atoms. The second-order valence-corrected chi connectivity index (χ2v) is 9.80. The molecule has 0 radical (unpaired) electrons. The van der Waals surface area contributed by atoms with Gasteiger partial charge in [-0.2, -0.15) is 0 Å². The predicted octanol–water partition coefficient (Wildman–Crippen LogP) is 5.45. The minimum absolute atomic E-state index is 0.317. The van der Waals surface area contributed by atoms with Crippen LogP contribution in [0.5, 0.6) is 0 Å². The molecule has 0 aromatic heterocycles. The standard InChI is InChI=1S/C20H38O2/c1-19(2,3)12-16-7-6-8-17(11-16)13-20(4,5)14-18-15-21-9-10-22-18/h16-18H,6-15H2,1-5H3. The van der Waals surface area contributed by atoms with Crippen molar-refractivity contribution in [2.45, 2.75) is 85.7 Å². The number of ether oxygens (including phenoxy) is 2. The molecule has 3 unspecified atom stereocenters. The monoisotopic (exact) mass is 310 g/mol. The quantitative estimate of drug-likeness (QED) is 0.672. The summed E-state index contributed by atoms with van der Waals surface area (Å²) in [6.45, 7) is 14.4. The summed E-state index contributed by atoms with van der Waals surface area (Å²) in [5.41, 5.74) is 0.856. The lowest BCUT2D eigenvalue weighted by molar-refractivity contribution is -0.103. The van der Waals surface area contributed by atoms with Gasteiger partial charge >= 0.3 is 0 Å². The van der Waals surface area contributed by atoms with E-state index in [-0.39, 0.29) is 0 Å². The van der Waals surface area contributed by atoms with Crippen LogP contribution in [0.25, 0.3) is 0 Å². The van der Waals surface area contributed by atoms with Gasteiger partial charge in [-0.1, -0.05) is 53.9 Å². The maximum atomic E-state index is 5.86. The van der Waals surface area contributed by atoms with Gasteiger partial charge in [0.25, 0.3) is 0 Å². The Balaban J connectivity index is 1.80. The fourth-order valence-corrected chi connectivity index (χ4v) is 4.77. The Bertz CT molecular complexity index is 323. The molecule has 0 aromatic rings. The van der Waals surface area contributed by atoms with Crippen molar-refractivity contribution in [3.63, 3.8) is 0 Å². The molecule has 130 valence electrons. The van der Waals surface area contributed by atoms with Gasteiger partial charge in [-0.25, -0.2) is 0 Å². The highest BCUT2D eigenvalue weighted by Crippen LogP contribution is 2.42. The fourth-order valence-electron chi connectivity index (χ4n) is 4.77. The van der Waals surface area contributed by atoms with Crippen LogP contribution in [-0.4, -0.2) is 25.9 Å². The molecule has 2 nitrogen and oxygen atoms in total. The minimum Gasteiger partial charge on any atom is -0.376 e. The summed E-state index contributed by atoms with van der Waals surface area (Å²) in [4.78, 5) is 0. The molecule has 0 N–H and O–H groups in total. The molecular weight excluding hydrogens is 272 g/mol. The van der Waals surface area contributed by atoms with Gasteiger partial charge in [-0.05, 0) is 48.3 Å². The smallest absolute Gasteiger partial charge is 0.0814 e. The Morgan fingerprint density at radius 1 is 0.864 bits per heavy atom. The van der Waals surface area contributed by atoms with E-state index in [4.69, 9.17) is 9.47 Å². The summed E-state index contributed by atoms with van der Waals surface area (Å²) < 4.78 is 11.4. The van der Waals surface area contributed by atoms with E-state index in [1.54, 1.807) is 0 Å². The van der Waals surface area contributed by atoms with E-state index in [1.165, 1.54) is 38.5 Å². The lowest BCUT2D eigenvalue weighted by Crippen LogP contribution is -2.34. The van der Waals surface area contributed by atoms with Crippen molar-refractivity contribution >= 4 is 0 Å². The fraction of sp³-hybridized carbons (Fsp3) is 1.00. The summed E-state index contributed by atoms with van der Waals surface area (Å²) in [6, 6.07) is 0. The molecule has 1 saturated heterocycles. The van der Waals surface area contributed by atoms with Crippen LogP contribution in [0.3, 0.4) is 0 Å². The average molecular weight is 311 g/mol. The van der Waals surface area contributed by atoms with E-state index >= 15 is 0 Å². The van der Waals surface area contributed by atoms with Crippen molar-refractivity contribution < 1.29 is 9.47 Å². The van der Waals surface area contributed by atoms with Gasteiger partial charge in [0.05, 0.1) is 25.9 Å². The zero-order valence-corrected chi connectivity index (χ0v) is 15.6. The first-order valence-corrected chi connectivity index (χ1v) is 9.43. The molecule has 2 rings (SSSR count). The molecular formula is C20H38O2. The topological polar surface area (TPSA) is 18.5 Å². The van der Waals surface area contributed by atoms with Crippen LogP contribution in [0.15, 0.2) is 0 Å². The number of hydrogen-bond acceptors (Lipinski definition) is 2. The molecule has 22 heavy (non-hydrogen) atoms. The van der Waals surface area contributed by atoms with E-state index in [2.05, 4.69) is 34.6 Å². The second kappa shape index (κ2) is 7.66. The molecule has 2 fully saturated rings. The first-order chi connectivity index (χ1) is 10.2. The largest absolute Gasteiger partial charge is 0.376 e. The van der Waals surface area contributed by atoms with Crippen LogP contribution in [-0.2, 0) is 9.47 Å². The van der Waals surface area contributed by atoms with Crippen LogP contribution in [0.4, 0.5) is 0 Å². The van der Waals surface area contributed by atoms with E-state index in [9.17, 15) is 0 Å². The average Bonchev–Trinajstić information content (AvgIpc) is 2.36. The third-order valence-corrected chi connectivity index (χ3v) is 5.30. The van der Waals surface area contributed by atoms with Gasteiger partial charge in [0, 0.05) is 0 Å². The van der Waals surface area contributed by atoms with Crippen molar-refractivity contribution in [3.8, 4) is 0 Å². The maximum Gasteiger partial charge on any atom is 0.0814 e. The molecule has 1 saturated carbocycles. The Kier molecular flexibility index (Phi) is 6.36. The molecule has 1 aliphatic carbocycles. The summed E-state index contributed by atoms with van der Waals surface area (Å²) in [5, 5.41) is 0. The molecule has 1 heterocycles. The van der Waals surface area contributed by atoms with Crippen LogP contribution in [0.1, 0.15) is 79.6 Å². The molecule has 0 amide bonds. The SMILES string of the molecule is CC(C)(C)CC1CCCC(CC(C)(C)CC2COCCO2)C1. The van der Waals surface area contributed by atoms with Crippen LogP contribution in [0.2, 0.25) is 0 Å². The summed E-state index contributed by atoms with van der Waals surface area (Å²) in [6.07, 6.45) is 9.98. The van der Waals surface area contributed by atoms with Crippen molar-refractivity contribution in [2.75, 3.05) is 19.8 Å². The predicted molar refractivity (Wildman–Crippen MR) is 93.1 cm³/mol. The van der Waals surface area contributed by atoms with Crippen molar-refractivity contribution in [1.29, 1.82) is 0 Å². The Labute approximate surface area is 138 Å². The Morgan fingerprint density at radius 3 is 2.14 bits per heavy atom. The normalized spacial score (nSPS) is 31.2. The molecule has 0 aromatic carbocycles. The van der Waals surface area contributed by atoms with Gasteiger partial charge in [0.2, 0.25) is 0 Å². The molecule has 2 aliphatic rings. The highest BCUT2D eigenvalue weighted by molar-refractivity contribution is 4.83. The Hall–Kier alpha value is -0.0800. The van der Waals surface area contributed by atoms with E-state index in [1.807, 2.05) is 0 Å². The number of hydrogen-bond donors (Lipinski definition) is 0. The summed E-state index contributed by atoms with van der Waals surface area (Å²) in [5.74, 6) is 1.87. The third kappa shape index (κ3) is 6.58. The highest BCUT2D eigenvalue weighted by atomic mass is 16.6. The van der Waals surface area contributed by atoms with Crippen molar-refractivity contribution in [1.82, 2.24) is 0 Å². The van der Waals surface area contributed by atoms with Gasteiger partial charge in [0.15, 0.2) is 0 Å². The first kappa shape index (κ1) is 18.3. The molecule has 2 heteroatoms. The zero-order chi connectivity index (χ0) is 16.2. The molecule has 1 aliphatic heterocycles. The van der Waals surface area contributed by atoms with Crippen molar-refractivity contribution in [2.24, 2.45) is 22.7 Å². The van der Waals surface area contributed by atoms with E-state index in [0.29, 0.717) is 16.9 Å². The first-order valence-electron chi connectivity index (χ1n) is 9.43. The second-order valence-electron chi connectivity index (χ2n) is 9.80. The Morgan fingerprint density at radius 2 is 1.55 bits per heavy atom. The summed E-state index contributed by atoms with van der Waals surface area (Å²) >= 11 is 0. The lowest BCUT2D eigenvalue weighted by Gasteiger charge is -2.38. The molecule has 3 atom stereocenters. The van der Waals surface area contributed by atoms with Crippen LogP contribution >= 0.6 is 0 Å². The van der Waals surface area contributed by atoms with Crippen LogP contribution in [0, 0.1) is 22.7 Å². The van der Waals surface area contributed by atoms with E-state index < -0.39 is 0 Å². The minimum atomic E-state index is 0.317. The van der Waals surface area contributed by atoms with Crippen LogP contribution < -0.4 is 0 Å². The van der Waals surface area contributed by atoms with Gasteiger partial charge in [-0.15, -0.1) is 0 Å².